The van der Waals surface area contributed by atoms with Crippen LogP contribution in [0.25, 0.3) is 0 Å². The van der Waals surface area contributed by atoms with Crippen LogP contribution >= 0.6 is 11.8 Å². The van der Waals surface area contributed by atoms with Crippen molar-refractivity contribution in [2.24, 2.45) is 5.73 Å². The van der Waals surface area contributed by atoms with Gasteiger partial charge in [0.25, 0.3) is 0 Å². The molecule has 70 valence electrons. The van der Waals surface area contributed by atoms with Gasteiger partial charge in [0, 0.05) is 28.9 Å². The predicted octanol–water partition coefficient (Wildman–Crippen LogP) is 2.22. The van der Waals surface area contributed by atoms with E-state index in [1.54, 1.807) is 0 Å². The molecule has 1 unspecified atom stereocenters. The fraction of sp³-hybridized carbons (Fsp3) is 0.400. The standard InChI is InChI=1S/C10H14N2S/c1-7(11)8-2-3-9-10(6-8)13-5-4-12-9/h2-3,6-7,12H,4-5,11H2,1H3. The van der Waals surface area contributed by atoms with E-state index >= 15 is 0 Å². The molecule has 1 heterocycles. The van der Waals surface area contributed by atoms with Crippen LogP contribution in [0.4, 0.5) is 5.69 Å². The van der Waals surface area contributed by atoms with E-state index in [0.29, 0.717) is 0 Å². The molecule has 1 aliphatic heterocycles. The van der Waals surface area contributed by atoms with Crippen LogP contribution < -0.4 is 11.1 Å². The molecule has 0 saturated carbocycles. The number of fused-ring (bicyclic) bond motifs is 1. The molecule has 0 aromatic heterocycles. The topological polar surface area (TPSA) is 38.0 Å². The van der Waals surface area contributed by atoms with E-state index in [9.17, 15) is 0 Å². The molecule has 1 aliphatic rings. The van der Waals surface area contributed by atoms with Gasteiger partial charge in [-0.05, 0) is 24.6 Å². The van der Waals surface area contributed by atoms with Gasteiger partial charge in [-0.2, -0.15) is 0 Å². The lowest BCUT2D eigenvalue weighted by atomic mass is 10.1. The summed E-state index contributed by atoms with van der Waals surface area (Å²) in [6, 6.07) is 6.55. The zero-order chi connectivity index (χ0) is 9.26. The fourth-order valence-electron chi connectivity index (χ4n) is 1.43. The largest absolute Gasteiger partial charge is 0.383 e. The number of rotatable bonds is 1. The van der Waals surface area contributed by atoms with Crippen molar-refractivity contribution in [3.8, 4) is 0 Å². The van der Waals surface area contributed by atoms with Crippen LogP contribution in [0.2, 0.25) is 0 Å². The Morgan fingerprint density at radius 1 is 1.54 bits per heavy atom. The van der Waals surface area contributed by atoms with Crippen LogP contribution in [0.1, 0.15) is 18.5 Å². The fourth-order valence-corrected chi connectivity index (χ4v) is 2.37. The average Bonchev–Trinajstić information content (AvgIpc) is 2.17. The van der Waals surface area contributed by atoms with Crippen molar-refractivity contribution in [2.75, 3.05) is 17.6 Å². The van der Waals surface area contributed by atoms with E-state index in [-0.39, 0.29) is 6.04 Å². The molecule has 1 atom stereocenters. The van der Waals surface area contributed by atoms with Crippen molar-refractivity contribution in [3.63, 3.8) is 0 Å². The Labute approximate surface area is 82.9 Å². The van der Waals surface area contributed by atoms with E-state index in [2.05, 4.69) is 23.5 Å². The zero-order valence-electron chi connectivity index (χ0n) is 7.71. The highest BCUT2D eigenvalue weighted by Gasteiger charge is 2.10. The van der Waals surface area contributed by atoms with Crippen LogP contribution in [0, 0.1) is 0 Å². The van der Waals surface area contributed by atoms with Gasteiger partial charge in [0.1, 0.15) is 0 Å². The molecule has 0 aliphatic carbocycles. The maximum absolute atomic E-state index is 5.82. The van der Waals surface area contributed by atoms with E-state index in [1.807, 2.05) is 18.7 Å². The smallest absolute Gasteiger partial charge is 0.0478 e. The van der Waals surface area contributed by atoms with Crippen molar-refractivity contribution in [3.05, 3.63) is 23.8 Å². The predicted molar refractivity (Wildman–Crippen MR) is 58.3 cm³/mol. The van der Waals surface area contributed by atoms with E-state index in [4.69, 9.17) is 5.73 Å². The molecule has 0 amide bonds. The monoisotopic (exact) mass is 194 g/mol. The minimum Gasteiger partial charge on any atom is -0.383 e. The summed E-state index contributed by atoms with van der Waals surface area (Å²) in [4.78, 5) is 1.33. The summed E-state index contributed by atoms with van der Waals surface area (Å²) in [6.07, 6.45) is 0. The first kappa shape index (κ1) is 8.91. The Morgan fingerprint density at radius 3 is 3.15 bits per heavy atom. The van der Waals surface area contributed by atoms with Crippen LogP contribution in [0.5, 0.6) is 0 Å². The number of thioether (sulfide) groups is 1. The number of nitrogens with one attached hydrogen (secondary N) is 1. The minimum atomic E-state index is 0.132. The number of nitrogens with two attached hydrogens (primary N) is 1. The summed E-state index contributed by atoms with van der Waals surface area (Å²) in [5.74, 6) is 1.15. The third-order valence-electron chi connectivity index (χ3n) is 2.21. The molecule has 0 saturated heterocycles. The second-order valence-electron chi connectivity index (χ2n) is 3.32. The van der Waals surface area contributed by atoms with Gasteiger partial charge in [-0.25, -0.2) is 0 Å². The molecule has 0 radical (unpaired) electrons. The summed E-state index contributed by atoms with van der Waals surface area (Å²) in [5, 5.41) is 3.37. The molecule has 2 rings (SSSR count). The Hall–Kier alpha value is -0.670. The number of hydrogen-bond donors (Lipinski definition) is 2. The van der Waals surface area contributed by atoms with Crippen LogP contribution in [-0.2, 0) is 0 Å². The molecule has 2 nitrogen and oxygen atoms in total. The second-order valence-corrected chi connectivity index (χ2v) is 4.46. The quantitative estimate of drug-likeness (QED) is 0.720. The van der Waals surface area contributed by atoms with E-state index in [0.717, 1.165) is 12.3 Å². The summed E-state index contributed by atoms with van der Waals surface area (Å²) in [7, 11) is 0. The first-order valence-corrected chi connectivity index (χ1v) is 5.52. The van der Waals surface area contributed by atoms with Gasteiger partial charge in [0.05, 0.1) is 0 Å². The normalized spacial score (nSPS) is 17.4. The molecule has 1 aromatic carbocycles. The van der Waals surface area contributed by atoms with Crippen LogP contribution in [-0.4, -0.2) is 12.3 Å². The first-order valence-electron chi connectivity index (χ1n) is 4.53. The number of anilines is 1. The van der Waals surface area contributed by atoms with Gasteiger partial charge in [-0.15, -0.1) is 11.8 Å². The van der Waals surface area contributed by atoms with Crippen molar-refractivity contribution in [2.45, 2.75) is 17.9 Å². The molecule has 0 bridgehead atoms. The second kappa shape index (κ2) is 3.60. The van der Waals surface area contributed by atoms with E-state index in [1.165, 1.54) is 16.1 Å². The van der Waals surface area contributed by atoms with Crippen LogP contribution in [0.15, 0.2) is 23.1 Å². The summed E-state index contributed by atoms with van der Waals surface area (Å²) >= 11 is 1.90. The third kappa shape index (κ3) is 1.81. The molecule has 3 heteroatoms. The maximum Gasteiger partial charge on any atom is 0.0478 e. The average molecular weight is 194 g/mol. The highest BCUT2D eigenvalue weighted by Crippen LogP contribution is 2.32. The van der Waals surface area contributed by atoms with Gasteiger partial charge >= 0.3 is 0 Å². The molecular weight excluding hydrogens is 180 g/mol. The number of hydrogen-bond acceptors (Lipinski definition) is 3. The Kier molecular flexibility index (Phi) is 2.47. The third-order valence-corrected chi connectivity index (χ3v) is 3.26. The van der Waals surface area contributed by atoms with Crippen molar-refractivity contribution >= 4 is 17.4 Å². The molecule has 13 heavy (non-hydrogen) atoms. The lowest BCUT2D eigenvalue weighted by Crippen LogP contribution is -2.11. The summed E-state index contributed by atoms with van der Waals surface area (Å²) < 4.78 is 0. The van der Waals surface area contributed by atoms with E-state index < -0.39 is 0 Å². The molecule has 1 aromatic rings. The summed E-state index contributed by atoms with van der Waals surface area (Å²) in [6.45, 7) is 3.08. The molecule has 0 fully saturated rings. The molecular formula is C10H14N2S. The lowest BCUT2D eigenvalue weighted by molar-refractivity contribution is 0.814. The van der Waals surface area contributed by atoms with Gasteiger partial charge in [0.2, 0.25) is 0 Å². The Bertz CT molecular complexity index is 310. The van der Waals surface area contributed by atoms with Crippen molar-refractivity contribution < 1.29 is 0 Å². The molecule has 0 spiro atoms. The zero-order valence-corrected chi connectivity index (χ0v) is 8.53. The summed E-state index contributed by atoms with van der Waals surface area (Å²) in [5.41, 5.74) is 8.29. The van der Waals surface area contributed by atoms with Crippen LogP contribution in [0.3, 0.4) is 0 Å². The highest BCUT2D eigenvalue weighted by atomic mass is 32.2. The van der Waals surface area contributed by atoms with Gasteiger partial charge in [0.15, 0.2) is 0 Å². The first-order chi connectivity index (χ1) is 6.27. The Morgan fingerprint density at radius 2 is 2.38 bits per heavy atom. The SMILES string of the molecule is CC(N)c1ccc2c(c1)SCCN2. The van der Waals surface area contributed by atoms with Gasteiger partial charge < -0.3 is 11.1 Å². The van der Waals surface area contributed by atoms with Gasteiger partial charge in [-0.3, -0.25) is 0 Å². The van der Waals surface area contributed by atoms with Crippen molar-refractivity contribution in [1.29, 1.82) is 0 Å². The Balaban J connectivity index is 2.35. The highest BCUT2D eigenvalue weighted by molar-refractivity contribution is 7.99. The van der Waals surface area contributed by atoms with Crippen molar-refractivity contribution in [1.82, 2.24) is 0 Å². The number of benzene rings is 1. The minimum absolute atomic E-state index is 0.132. The molecule has 3 N–H and O–H groups in total. The van der Waals surface area contributed by atoms with Gasteiger partial charge in [-0.1, -0.05) is 6.07 Å². The lowest BCUT2D eigenvalue weighted by Gasteiger charge is -2.18. The maximum atomic E-state index is 5.82.